The molecule has 3 atom stereocenters. The number of aliphatic carboxylic acids is 1. The predicted octanol–water partition coefficient (Wildman–Crippen LogP) is 0.181. The standard InChI is InChI=1S/C12H19NO5S/c14-11(8-3-4-9(6-8)12(15)16)13-7-10-2-1-5-19(10,17)18/h8-10H,1-7H2,(H,13,14)(H,15,16). The van der Waals surface area contributed by atoms with E-state index in [1.807, 2.05) is 0 Å². The summed E-state index contributed by atoms with van der Waals surface area (Å²) >= 11 is 0. The van der Waals surface area contributed by atoms with E-state index in [4.69, 9.17) is 5.11 Å². The number of carboxylic acid groups (broad SMARTS) is 1. The highest BCUT2D eigenvalue weighted by atomic mass is 32.2. The van der Waals surface area contributed by atoms with Crippen LogP contribution in [0.2, 0.25) is 0 Å². The Labute approximate surface area is 112 Å². The Bertz CT molecular complexity index is 473. The van der Waals surface area contributed by atoms with Gasteiger partial charge in [0.05, 0.1) is 16.9 Å². The second-order valence-corrected chi connectivity index (χ2v) is 7.82. The van der Waals surface area contributed by atoms with Crippen LogP contribution >= 0.6 is 0 Å². The monoisotopic (exact) mass is 289 g/mol. The van der Waals surface area contributed by atoms with Crippen molar-refractivity contribution < 1.29 is 23.1 Å². The normalized spacial score (nSPS) is 33.2. The number of hydrogen-bond donors (Lipinski definition) is 2. The summed E-state index contributed by atoms with van der Waals surface area (Å²) in [6.45, 7) is 0.162. The molecule has 1 aliphatic carbocycles. The van der Waals surface area contributed by atoms with E-state index in [0.717, 1.165) is 0 Å². The maximum atomic E-state index is 11.9. The van der Waals surface area contributed by atoms with Gasteiger partial charge in [-0.05, 0) is 32.1 Å². The number of sulfone groups is 1. The van der Waals surface area contributed by atoms with Crippen LogP contribution in [0.15, 0.2) is 0 Å². The molecule has 0 aromatic rings. The van der Waals surface area contributed by atoms with Crippen LogP contribution in [0.25, 0.3) is 0 Å². The van der Waals surface area contributed by atoms with E-state index in [0.29, 0.717) is 32.1 Å². The molecule has 0 aromatic carbocycles. The van der Waals surface area contributed by atoms with E-state index in [9.17, 15) is 18.0 Å². The molecule has 0 aromatic heterocycles. The Morgan fingerprint density at radius 3 is 2.37 bits per heavy atom. The molecule has 1 heterocycles. The third kappa shape index (κ3) is 3.26. The molecule has 0 spiro atoms. The molecule has 1 aliphatic heterocycles. The molecule has 1 saturated carbocycles. The third-order valence-electron chi connectivity index (χ3n) is 4.12. The van der Waals surface area contributed by atoms with Gasteiger partial charge in [-0.25, -0.2) is 8.42 Å². The Balaban J connectivity index is 1.81. The van der Waals surface area contributed by atoms with E-state index in [1.54, 1.807) is 0 Å². The number of rotatable bonds is 4. The van der Waals surface area contributed by atoms with Crippen molar-refractivity contribution >= 4 is 21.7 Å². The minimum atomic E-state index is -3.04. The van der Waals surface area contributed by atoms with Crippen LogP contribution in [0.4, 0.5) is 0 Å². The first-order valence-corrected chi connectivity index (χ1v) is 8.34. The summed E-state index contributed by atoms with van der Waals surface area (Å²) in [5.74, 6) is -1.58. The summed E-state index contributed by atoms with van der Waals surface area (Å²) in [4.78, 5) is 22.7. The minimum Gasteiger partial charge on any atom is -0.481 e. The van der Waals surface area contributed by atoms with Crippen LogP contribution in [0.1, 0.15) is 32.1 Å². The largest absolute Gasteiger partial charge is 0.481 e. The quantitative estimate of drug-likeness (QED) is 0.769. The van der Waals surface area contributed by atoms with Gasteiger partial charge in [0.2, 0.25) is 5.91 Å². The van der Waals surface area contributed by atoms with Crippen molar-refractivity contribution in [3.05, 3.63) is 0 Å². The van der Waals surface area contributed by atoms with Gasteiger partial charge in [-0.2, -0.15) is 0 Å². The van der Waals surface area contributed by atoms with Crippen molar-refractivity contribution in [2.75, 3.05) is 12.3 Å². The molecule has 2 N–H and O–H groups in total. The van der Waals surface area contributed by atoms with E-state index >= 15 is 0 Å². The van der Waals surface area contributed by atoms with Crippen molar-refractivity contribution in [1.82, 2.24) is 5.32 Å². The first kappa shape index (κ1) is 14.3. The maximum absolute atomic E-state index is 11.9. The zero-order valence-electron chi connectivity index (χ0n) is 10.7. The topological polar surface area (TPSA) is 101 Å². The van der Waals surface area contributed by atoms with Crippen LogP contribution in [0, 0.1) is 11.8 Å². The van der Waals surface area contributed by atoms with E-state index in [-0.39, 0.29) is 24.1 Å². The molecule has 7 heteroatoms. The number of carboxylic acids is 1. The van der Waals surface area contributed by atoms with Crippen molar-refractivity contribution in [3.63, 3.8) is 0 Å². The third-order valence-corrected chi connectivity index (χ3v) is 6.40. The molecule has 6 nitrogen and oxygen atoms in total. The van der Waals surface area contributed by atoms with Crippen molar-refractivity contribution in [2.24, 2.45) is 11.8 Å². The lowest BCUT2D eigenvalue weighted by molar-refractivity contribution is -0.141. The van der Waals surface area contributed by atoms with Gasteiger partial charge in [0.15, 0.2) is 9.84 Å². The van der Waals surface area contributed by atoms with Crippen molar-refractivity contribution in [2.45, 2.75) is 37.4 Å². The first-order chi connectivity index (χ1) is 8.90. The van der Waals surface area contributed by atoms with E-state index in [1.165, 1.54) is 0 Å². The highest BCUT2D eigenvalue weighted by molar-refractivity contribution is 7.92. The SMILES string of the molecule is O=C(O)C1CCC(C(=O)NCC2CCCS2(=O)=O)C1. The molecule has 1 saturated heterocycles. The molecule has 2 aliphatic rings. The van der Waals surface area contributed by atoms with Gasteiger partial charge < -0.3 is 10.4 Å². The molecule has 3 unspecified atom stereocenters. The van der Waals surface area contributed by atoms with Crippen LogP contribution in [-0.4, -0.2) is 42.9 Å². The van der Waals surface area contributed by atoms with E-state index < -0.39 is 27.0 Å². The molecule has 2 rings (SSSR count). The van der Waals surface area contributed by atoms with Crippen LogP contribution < -0.4 is 5.32 Å². The fourth-order valence-electron chi connectivity index (χ4n) is 2.89. The van der Waals surface area contributed by atoms with Crippen LogP contribution in [0.3, 0.4) is 0 Å². The zero-order valence-corrected chi connectivity index (χ0v) is 11.5. The maximum Gasteiger partial charge on any atom is 0.306 e. The summed E-state index contributed by atoms with van der Waals surface area (Å²) in [5.41, 5.74) is 0. The lowest BCUT2D eigenvalue weighted by Gasteiger charge is -2.14. The minimum absolute atomic E-state index is 0.162. The van der Waals surface area contributed by atoms with Gasteiger partial charge in [0.25, 0.3) is 0 Å². The lowest BCUT2D eigenvalue weighted by atomic mass is 10.0. The fraction of sp³-hybridized carbons (Fsp3) is 0.833. The number of hydrogen-bond acceptors (Lipinski definition) is 4. The van der Waals surface area contributed by atoms with Gasteiger partial charge in [-0.15, -0.1) is 0 Å². The Morgan fingerprint density at radius 1 is 1.16 bits per heavy atom. The first-order valence-electron chi connectivity index (χ1n) is 6.62. The second-order valence-electron chi connectivity index (χ2n) is 5.42. The number of amides is 1. The summed E-state index contributed by atoms with van der Waals surface area (Å²) in [5, 5.41) is 11.1. The molecular formula is C12H19NO5S. The average Bonchev–Trinajstić information content (AvgIpc) is 2.92. The molecule has 108 valence electrons. The molecule has 0 bridgehead atoms. The summed E-state index contributed by atoms with van der Waals surface area (Å²) in [7, 11) is -3.04. The second kappa shape index (κ2) is 5.48. The number of carbonyl (C=O) groups excluding carboxylic acids is 1. The smallest absolute Gasteiger partial charge is 0.306 e. The van der Waals surface area contributed by atoms with Gasteiger partial charge in [0, 0.05) is 12.5 Å². The Kier molecular flexibility index (Phi) is 4.13. The lowest BCUT2D eigenvalue weighted by Crippen LogP contribution is -2.37. The van der Waals surface area contributed by atoms with Gasteiger partial charge in [-0.3, -0.25) is 9.59 Å². The zero-order chi connectivity index (χ0) is 14.0. The van der Waals surface area contributed by atoms with Crippen molar-refractivity contribution in [1.29, 1.82) is 0 Å². The van der Waals surface area contributed by atoms with Crippen molar-refractivity contribution in [3.8, 4) is 0 Å². The van der Waals surface area contributed by atoms with E-state index in [2.05, 4.69) is 5.32 Å². The summed E-state index contributed by atoms with van der Waals surface area (Å²) < 4.78 is 23.2. The number of nitrogens with one attached hydrogen (secondary N) is 1. The Morgan fingerprint density at radius 2 is 1.84 bits per heavy atom. The molecule has 2 fully saturated rings. The van der Waals surface area contributed by atoms with Gasteiger partial charge in [0.1, 0.15) is 0 Å². The van der Waals surface area contributed by atoms with Gasteiger partial charge >= 0.3 is 5.97 Å². The average molecular weight is 289 g/mol. The molecule has 1 amide bonds. The number of carbonyl (C=O) groups is 2. The Hall–Kier alpha value is -1.11. The molecule has 19 heavy (non-hydrogen) atoms. The summed E-state index contributed by atoms with van der Waals surface area (Å²) in [6, 6.07) is 0. The van der Waals surface area contributed by atoms with Crippen LogP contribution in [-0.2, 0) is 19.4 Å². The molecule has 0 radical (unpaired) electrons. The molecular weight excluding hydrogens is 270 g/mol. The highest BCUT2D eigenvalue weighted by Crippen LogP contribution is 2.31. The fourth-order valence-corrected chi connectivity index (χ4v) is 4.66. The summed E-state index contributed by atoms with van der Waals surface area (Å²) in [6.07, 6.45) is 2.71. The highest BCUT2D eigenvalue weighted by Gasteiger charge is 2.35. The van der Waals surface area contributed by atoms with Gasteiger partial charge in [-0.1, -0.05) is 0 Å². The predicted molar refractivity (Wildman–Crippen MR) is 68.3 cm³/mol. The van der Waals surface area contributed by atoms with Crippen LogP contribution in [0.5, 0.6) is 0 Å².